The second-order valence-electron chi connectivity index (χ2n) is 8.19. The Morgan fingerprint density at radius 1 is 0.625 bits per heavy atom. The van der Waals surface area contributed by atoms with Gasteiger partial charge in [-0.05, 0) is 0 Å². The molecule has 1 fully saturated rings. The van der Waals surface area contributed by atoms with Crippen LogP contribution in [0.5, 0.6) is 0 Å². The van der Waals surface area contributed by atoms with Crippen molar-refractivity contribution in [2.75, 3.05) is 32.8 Å². The van der Waals surface area contributed by atoms with Crippen molar-refractivity contribution in [2.45, 2.75) is 56.4 Å². The lowest BCUT2D eigenvalue weighted by Gasteiger charge is -2.42. The van der Waals surface area contributed by atoms with E-state index in [4.69, 9.17) is 44.5 Å². The molecule has 22 heteroatoms. The summed E-state index contributed by atoms with van der Waals surface area (Å²) in [5, 5.41) is 83.4. The molecule has 0 aromatic heterocycles. The maximum atomic E-state index is 12.3. The molecule has 1 rings (SSSR count). The van der Waals surface area contributed by atoms with Crippen LogP contribution in [-0.2, 0) is 42.9 Å². The topological polar surface area (TPSA) is 326 Å². The number of hydrogen-bond acceptors (Lipinski definition) is 18. The summed E-state index contributed by atoms with van der Waals surface area (Å²) in [4.78, 5) is 48.6. The van der Waals surface area contributed by atoms with Crippen LogP contribution in [-0.4, -0.2) is 113 Å². The zero-order valence-corrected chi connectivity index (χ0v) is 20.8. The molecular weight excluding hydrogens is 560 g/mol. The zero-order chi connectivity index (χ0) is 30.4. The number of carbonyl (C=O) groups excluding carboxylic acids is 4. The van der Waals surface area contributed by atoms with E-state index >= 15 is 0 Å². The fourth-order valence-electron chi connectivity index (χ4n) is 3.08. The van der Waals surface area contributed by atoms with Gasteiger partial charge in [-0.25, -0.2) is 41.7 Å². The van der Waals surface area contributed by atoms with E-state index in [1.807, 2.05) is 0 Å². The second-order valence-corrected chi connectivity index (χ2v) is 8.19. The molecule has 9 N–H and O–H groups in total. The summed E-state index contributed by atoms with van der Waals surface area (Å²) in [6.45, 7) is -3.48. The Kier molecular flexibility index (Phi) is 15.8. The molecule has 9 atom stereocenters. The Bertz CT molecular complexity index is 814. The Hall–Kier alpha value is -2.68. The molecule has 0 radical (unpaired) electrons. The molecule has 40 heavy (non-hydrogen) atoms. The van der Waals surface area contributed by atoms with Gasteiger partial charge in [0.2, 0.25) is 12.4 Å². The molecule has 0 aromatic rings. The van der Waals surface area contributed by atoms with Crippen LogP contribution < -0.4 is 20.9 Å². The number of quaternary nitrogens is 4. The summed E-state index contributed by atoms with van der Waals surface area (Å²) in [7, 11) is 0. The van der Waals surface area contributed by atoms with Crippen molar-refractivity contribution in [1.29, 1.82) is 0 Å². The van der Waals surface area contributed by atoms with Crippen LogP contribution in [0.1, 0.15) is 25.7 Å². The first-order chi connectivity index (χ1) is 18.7. The second kappa shape index (κ2) is 17.9. The van der Waals surface area contributed by atoms with Crippen LogP contribution in [0.4, 0.5) is 0 Å². The van der Waals surface area contributed by atoms with Gasteiger partial charge in [0.15, 0.2) is 6.10 Å². The highest BCUT2D eigenvalue weighted by Crippen LogP contribution is 2.28. The van der Waals surface area contributed by atoms with Gasteiger partial charge in [-0.1, -0.05) is 0 Å². The fraction of sp³-hybridized carbons (Fsp3) is 0.778. The van der Waals surface area contributed by atoms with E-state index in [1.54, 1.807) is 0 Å². The average Bonchev–Trinajstić information content (AvgIpc) is 2.86. The standard InChI is InChI=1S/C18H32N4O18/c23-11(1-5-19(28)29)36-9-10-15(27)16(38-12(24)2-6-20(30)31)17(39-13(25)3-7-21(32)33)18(37-10)40-14(26)4-8-22(34)35/h10,15-22,27-28,30,32,34H,1-9H2. The quantitative estimate of drug-likeness (QED) is 0.0430. The molecule has 0 bridgehead atoms. The van der Waals surface area contributed by atoms with Crippen molar-refractivity contribution in [3.8, 4) is 0 Å². The number of carbonyl (C=O) groups is 4. The molecular formula is C18H32N4O18. The lowest BCUT2D eigenvalue weighted by Crippen LogP contribution is -3.04. The molecule has 1 aliphatic heterocycles. The third-order valence-corrected chi connectivity index (χ3v) is 4.98. The minimum atomic E-state index is -2.02. The molecule has 0 amide bonds. The maximum absolute atomic E-state index is 12.3. The highest BCUT2D eigenvalue weighted by molar-refractivity contribution is 5.72. The summed E-state index contributed by atoms with van der Waals surface area (Å²) in [6.07, 6.45) is -12.2. The van der Waals surface area contributed by atoms with Crippen LogP contribution in [0.2, 0.25) is 0 Å². The molecule has 22 nitrogen and oxygen atoms in total. The number of hydrogen-bond donors (Lipinski definition) is 9. The smallest absolute Gasteiger partial charge is 0.314 e. The number of aliphatic hydroxyl groups is 1. The van der Waals surface area contributed by atoms with E-state index in [2.05, 4.69) is 0 Å². The van der Waals surface area contributed by atoms with Gasteiger partial charge in [-0.3, -0.25) is 19.2 Å². The number of nitrogens with one attached hydrogen (secondary N) is 4. The van der Waals surface area contributed by atoms with Gasteiger partial charge in [0.1, 0.15) is 45.0 Å². The van der Waals surface area contributed by atoms with Crippen molar-refractivity contribution < 1.29 is 89.7 Å². The number of rotatable bonds is 17. The molecule has 0 aliphatic carbocycles. The minimum Gasteiger partial charge on any atom is -0.600 e. The maximum Gasteiger partial charge on any atom is 0.314 e. The summed E-state index contributed by atoms with van der Waals surface area (Å²) in [6, 6.07) is 0. The molecule has 9 unspecified atom stereocenters. The number of aliphatic hydroxyl groups excluding tert-OH is 1. The Balaban J connectivity index is 3.21. The van der Waals surface area contributed by atoms with Crippen molar-refractivity contribution in [1.82, 2.24) is 0 Å². The first kappa shape index (κ1) is 35.3. The number of esters is 4. The van der Waals surface area contributed by atoms with Crippen LogP contribution in [0.3, 0.4) is 0 Å². The van der Waals surface area contributed by atoms with Gasteiger partial charge in [0, 0.05) is 0 Å². The molecule has 0 saturated carbocycles. The minimum absolute atomic E-state index is 0.566. The fourth-order valence-corrected chi connectivity index (χ4v) is 3.08. The Labute approximate surface area is 224 Å². The normalized spacial score (nSPS) is 25.7. The van der Waals surface area contributed by atoms with Gasteiger partial charge in [-0.15, -0.1) is 0 Å². The van der Waals surface area contributed by atoms with Crippen molar-refractivity contribution >= 4 is 23.9 Å². The van der Waals surface area contributed by atoms with Crippen LogP contribution in [0.25, 0.3) is 0 Å². The molecule has 1 saturated heterocycles. The summed E-state index contributed by atoms with van der Waals surface area (Å²) in [5.41, 5.74) is 0. The third kappa shape index (κ3) is 14.1. The predicted octanol–water partition coefficient (Wildman–Crippen LogP) is -8.37. The molecule has 1 aliphatic rings. The van der Waals surface area contributed by atoms with Gasteiger partial charge in [0.25, 0.3) is 0 Å². The van der Waals surface area contributed by atoms with Gasteiger partial charge < -0.3 is 49.6 Å². The Morgan fingerprint density at radius 3 is 1.43 bits per heavy atom. The van der Waals surface area contributed by atoms with E-state index in [0.717, 1.165) is 0 Å². The number of ether oxygens (including phenoxy) is 5. The van der Waals surface area contributed by atoms with E-state index < -0.39 is 134 Å². The van der Waals surface area contributed by atoms with Crippen molar-refractivity contribution in [3.63, 3.8) is 0 Å². The average molecular weight is 592 g/mol. The summed E-state index contributed by atoms with van der Waals surface area (Å²) in [5.74, 6) is -4.68. The molecule has 232 valence electrons. The lowest BCUT2D eigenvalue weighted by atomic mass is 9.98. The van der Waals surface area contributed by atoms with E-state index in [0.29, 0.717) is 0 Å². The largest absolute Gasteiger partial charge is 0.600 e. The third-order valence-electron chi connectivity index (χ3n) is 4.98. The highest BCUT2D eigenvalue weighted by Gasteiger charge is 2.52. The summed E-state index contributed by atoms with van der Waals surface area (Å²) >= 11 is 0. The monoisotopic (exact) mass is 592 g/mol. The predicted molar refractivity (Wildman–Crippen MR) is 114 cm³/mol. The van der Waals surface area contributed by atoms with Crippen molar-refractivity contribution in [2.24, 2.45) is 0 Å². The van der Waals surface area contributed by atoms with Gasteiger partial charge in [-0.2, -0.15) is 0 Å². The van der Waals surface area contributed by atoms with Crippen LogP contribution in [0.15, 0.2) is 0 Å². The first-order valence-corrected chi connectivity index (χ1v) is 11.6. The van der Waals surface area contributed by atoms with E-state index in [1.165, 1.54) is 0 Å². The molecule has 0 spiro atoms. The van der Waals surface area contributed by atoms with E-state index in [-0.39, 0.29) is 0 Å². The van der Waals surface area contributed by atoms with Gasteiger partial charge >= 0.3 is 23.9 Å². The number of hydroxylamine groups is 8. The Morgan fingerprint density at radius 2 is 1.00 bits per heavy atom. The van der Waals surface area contributed by atoms with Gasteiger partial charge in [0.05, 0.1) is 25.7 Å². The summed E-state index contributed by atoms with van der Waals surface area (Å²) < 4.78 is 25.4. The van der Waals surface area contributed by atoms with Crippen molar-refractivity contribution in [3.05, 3.63) is 20.8 Å². The van der Waals surface area contributed by atoms with Crippen LogP contribution >= 0.6 is 0 Å². The molecule has 1 heterocycles. The first-order valence-electron chi connectivity index (χ1n) is 11.6. The van der Waals surface area contributed by atoms with E-state index in [9.17, 15) is 45.1 Å². The van der Waals surface area contributed by atoms with Crippen LogP contribution in [0, 0.1) is 20.8 Å². The SMILES string of the molecule is O=C(CC[NH+]([O-])O)OCC1OC(OC(=O)CC[NH+]([O-])O)C(OC(=O)CC[NH+]([O-])O)C(OC(=O)CC[NH+]([O-])O)C1O. The highest BCUT2D eigenvalue weighted by atomic mass is 16.8. The molecule has 0 aromatic carbocycles. The lowest BCUT2D eigenvalue weighted by molar-refractivity contribution is -1.05. The zero-order valence-electron chi connectivity index (χ0n) is 20.8.